The van der Waals surface area contributed by atoms with E-state index < -0.39 is 23.9 Å². The van der Waals surface area contributed by atoms with Crippen LogP contribution in [-0.4, -0.2) is 55.5 Å². The van der Waals surface area contributed by atoms with Crippen molar-refractivity contribution in [3.05, 3.63) is 53.3 Å². The lowest BCUT2D eigenvalue weighted by Gasteiger charge is -2.36. The van der Waals surface area contributed by atoms with Crippen molar-refractivity contribution in [2.45, 2.75) is 66.0 Å². The number of halogens is 1. The van der Waals surface area contributed by atoms with Crippen molar-refractivity contribution < 1.29 is 38.0 Å². The predicted octanol–water partition coefficient (Wildman–Crippen LogP) is 5.61. The molecule has 1 aliphatic carbocycles. The lowest BCUT2D eigenvalue weighted by molar-refractivity contribution is -0.144. The van der Waals surface area contributed by atoms with Gasteiger partial charge in [-0.05, 0) is 74.8 Å². The number of nitrogens with two attached hydrogens (primary N) is 1. The van der Waals surface area contributed by atoms with E-state index in [0.29, 0.717) is 23.1 Å². The number of rotatable bonds is 13. The van der Waals surface area contributed by atoms with Gasteiger partial charge in [-0.3, -0.25) is 0 Å². The summed E-state index contributed by atoms with van der Waals surface area (Å²) in [5, 5.41) is 12.1. The second-order valence-corrected chi connectivity index (χ2v) is 11.0. The first-order valence-corrected chi connectivity index (χ1v) is 14.9. The van der Waals surface area contributed by atoms with Gasteiger partial charge in [0, 0.05) is 22.9 Å². The van der Waals surface area contributed by atoms with Crippen molar-refractivity contribution in [3.63, 3.8) is 0 Å². The van der Waals surface area contributed by atoms with Gasteiger partial charge in [0.1, 0.15) is 24.4 Å². The molecule has 43 heavy (non-hydrogen) atoms. The molecule has 4 atom stereocenters. The van der Waals surface area contributed by atoms with Crippen LogP contribution >= 0.6 is 0 Å². The molecule has 1 aliphatic rings. The highest BCUT2D eigenvalue weighted by atomic mass is 19.1. The summed E-state index contributed by atoms with van der Waals surface area (Å²) < 4.78 is 37.2. The van der Waals surface area contributed by atoms with E-state index in [1.165, 1.54) is 6.07 Å². The van der Waals surface area contributed by atoms with Crippen LogP contribution in [0.1, 0.15) is 71.0 Å². The van der Waals surface area contributed by atoms with Crippen LogP contribution in [0.4, 0.5) is 14.9 Å². The number of nitrogens with one attached hydrogen (secondary N) is 1. The van der Waals surface area contributed by atoms with Gasteiger partial charge in [-0.2, -0.15) is 4.99 Å². The number of amides is 1. The van der Waals surface area contributed by atoms with Crippen molar-refractivity contribution in [1.82, 2.24) is 0 Å². The fraction of sp³-hybridized carbons (Fsp3) is 0.531. The highest BCUT2D eigenvalue weighted by Crippen LogP contribution is 2.36. The molecule has 10 nitrogen and oxygen atoms in total. The second-order valence-electron chi connectivity index (χ2n) is 11.0. The number of esters is 1. The molecule has 0 saturated heterocycles. The lowest BCUT2D eigenvalue weighted by atomic mass is 9.75. The number of carbonyl (C=O) groups excluding carboxylic acids is 2. The summed E-state index contributed by atoms with van der Waals surface area (Å²) in [4.78, 5) is 29.5. The average molecular weight is 602 g/mol. The molecule has 0 heterocycles. The number of ether oxygens (including phenoxy) is 4. The summed E-state index contributed by atoms with van der Waals surface area (Å²) in [6.45, 7) is 9.90. The Morgan fingerprint density at radius 3 is 2.42 bits per heavy atom. The number of aliphatic hydroxyl groups is 1. The first-order chi connectivity index (χ1) is 20.6. The van der Waals surface area contributed by atoms with Gasteiger partial charge in [-0.1, -0.05) is 27.2 Å². The van der Waals surface area contributed by atoms with E-state index in [9.17, 15) is 9.59 Å². The molecule has 0 bridgehead atoms. The molecule has 3 rings (SSSR count). The van der Waals surface area contributed by atoms with Gasteiger partial charge >= 0.3 is 12.1 Å². The molecule has 11 heteroatoms. The molecule has 4 unspecified atom stereocenters. The molecule has 0 aromatic heterocycles. The van der Waals surface area contributed by atoms with Gasteiger partial charge < -0.3 is 35.1 Å². The van der Waals surface area contributed by atoms with Crippen molar-refractivity contribution >= 4 is 23.6 Å². The Morgan fingerprint density at radius 2 is 1.79 bits per heavy atom. The van der Waals surface area contributed by atoms with E-state index in [2.05, 4.69) is 31.1 Å². The minimum atomic E-state index is -1.22. The molecule has 0 radical (unpaired) electrons. The van der Waals surface area contributed by atoms with Gasteiger partial charge in [0.05, 0.1) is 19.8 Å². The lowest BCUT2D eigenvalue weighted by Crippen LogP contribution is -2.35. The van der Waals surface area contributed by atoms with Gasteiger partial charge in [0.2, 0.25) is 0 Å². The van der Waals surface area contributed by atoms with Crippen LogP contribution < -0.4 is 20.5 Å². The molecule has 236 valence electrons. The van der Waals surface area contributed by atoms with Crippen molar-refractivity contribution in [3.8, 4) is 11.5 Å². The Bertz CT molecular complexity index is 1250. The monoisotopic (exact) mass is 601 g/mol. The molecule has 4 N–H and O–H groups in total. The molecular formula is C32H44FN3O7. The normalized spacial score (nSPS) is 19.4. The van der Waals surface area contributed by atoms with E-state index in [1.54, 1.807) is 38.1 Å². The minimum absolute atomic E-state index is 0.00526. The third-order valence-corrected chi connectivity index (χ3v) is 7.46. The zero-order valence-electron chi connectivity index (χ0n) is 25.6. The first kappa shape index (κ1) is 33.6. The van der Waals surface area contributed by atoms with E-state index in [1.807, 2.05) is 0 Å². The molecule has 2 aromatic rings. The minimum Gasteiger partial charge on any atom is -0.490 e. The summed E-state index contributed by atoms with van der Waals surface area (Å²) in [6.07, 6.45) is 2.01. The molecule has 1 saturated carbocycles. The molecule has 1 fully saturated rings. The number of aliphatic imine (C=N–C) groups is 1. The van der Waals surface area contributed by atoms with Crippen LogP contribution in [-0.2, 0) is 14.3 Å². The van der Waals surface area contributed by atoms with Gasteiger partial charge in [-0.15, -0.1) is 0 Å². The van der Waals surface area contributed by atoms with Crippen molar-refractivity contribution in [2.75, 3.05) is 31.7 Å². The SMILES string of the molecule is CCOC(=O)C(Nc1ccc(C(N)=NC(=O)OC2CC(C)CCC2C(C)C)cc1)c1cc(OCC)c(OCCO)cc1F. The summed E-state index contributed by atoms with van der Waals surface area (Å²) >= 11 is 0. The fourth-order valence-electron chi connectivity index (χ4n) is 5.27. The second kappa shape index (κ2) is 16.1. The van der Waals surface area contributed by atoms with E-state index in [0.717, 1.165) is 25.3 Å². The van der Waals surface area contributed by atoms with Crippen LogP contribution in [0.25, 0.3) is 0 Å². The Balaban J connectivity index is 1.79. The molecule has 0 spiro atoms. The number of nitrogens with zero attached hydrogens (tertiary/aromatic N) is 1. The van der Waals surface area contributed by atoms with Crippen molar-refractivity contribution in [1.29, 1.82) is 0 Å². The van der Waals surface area contributed by atoms with E-state index in [-0.39, 0.29) is 61.3 Å². The number of anilines is 1. The fourth-order valence-corrected chi connectivity index (χ4v) is 5.27. The Hall–Kier alpha value is -3.86. The van der Waals surface area contributed by atoms with Gasteiger partial charge in [0.15, 0.2) is 17.5 Å². The topological polar surface area (TPSA) is 142 Å². The predicted molar refractivity (Wildman–Crippen MR) is 162 cm³/mol. The van der Waals surface area contributed by atoms with Crippen LogP contribution in [0, 0.1) is 23.6 Å². The van der Waals surface area contributed by atoms with Gasteiger partial charge in [-0.25, -0.2) is 14.0 Å². The molecular weight excluding hydrogens is 557 g/mol. The maximum Gasteiger partial charge on any atom is 0.435 e. The quantitative estimate of drug-likeness (QED) is 0.152. The number of carbonyl (C=O) groups is 2. The maximum atomic E-state index is 15.3. The zero-order chi connectivity index (χ0) is 31.5. The molecule has 0 aliphatic heterocycles. The van der Waals surface area contributed by atoms with Crippen LogP contribution in [0.3, 0.4) is 0 Å². The Kier molecular flexibility index (Phi) is 12.6. The van der Waals surface area contributed by atoms with Crippen LogP contribution in [0.15, 0.2) is 41.4 Å². The Labute approximate surface area is 252 Å². The number of benzene rings is 2. The van der Waals surface area contributed by atoms with Crippen molar-refractivity contribution in [2.24, 2.45) is 28.5 Å². The van der Waals surface area contributed by atoms with Crippen LogP contribution in [0.2, 0.25) is 0 Å². The van der Waals surface area contributed by atoms with E-state index in [4.69, 9.17) is 29.8 Å². The summed E-state index contributed by atoms with van der Waals surface area (Å²) in [5.74, 6) is 0.0544. The highest BCUT2D eigenvalue weighted by molar-refractivity contribution is 6.03. The number of hydrogen-bond acceptors (Lipinski definition) is 8. The standard InChI is InChI=1S/C32H44FN3O7/c1-6-40-27-17-24(25(33)18-28(27)42-15-14-37)29(31(38)41-7-2)35-22-11-9-21(10-12-22)30(34)36-32(39)43-26-16-20(5)8-13-23(26)19(3)4/h9-12,17-20,23,26,29,35,37H,6-8,13-16H2,1-5H3,(H2,34,36,39). The van der Waals surface area contributed by atoms with Crippen LogP contribution in [0.5, 0.6) is 11.5 Å². The maximum absolute atomic E-state index is 15.3. The summed E-state index contributed by atoms with van der Waals surface area (Å²) in [7, 11) is 0. The largest absolute Gasteiger partial charge is 0.490 e. The highest BCUT2D eigenvalue weighted by Gasteiger charge is 2.33. The number of amidine groups is 1. The summed E-state index contributed by atoms with van der Waals surface area (Å²) in [6, 6.07) is 7.79. The van der Waals surface area contributed by atoms with Gasteiger partial charge in [0.25, 0.3) is 0 Å². The third kappa shape index (κ3) is 9.31. The molecule has 1 amide bonds. The smallest absolute Gasteiger partial charge is 0.435 e. The summed E-state index contributed by atoms with van der Waals surface area (Å²) in [5.41, 5.74) is 7.06. The first-order valence-electron chi connectivity index (χ1n) is 14.9. The zero-order valence-corrected chi connectivity index (χ0v) is 25.6. The molecule has 2 aromatic carbocycles. The third-order valence-electron chi connectivity index (χ3n) is 7.46. The number of aliphatic hydroxyl groups excluding tert-OH is 1. The van der Waals surface area contributed by atoms with E-state index >= 15 is 4.39 Å². The average Bonchev–Trinajstić information content (AvgIpc) is 2.96. The number of hydrogen-bond donors (Lipinski definition) is 3. The Morgan fingerprint density at radius 1 is 1.09 bits per heavy atom.